The molecule has 0 unspecified atom stereocenters. The number of ether oxygens (including phenoxy) is 4. The first-order valence-electron chi connectivity index (χ1n) is 41.0. The monoisotopic (exact) mass is 1670 g/mol. The topological polar surface area (TPSA) is 390 Å². The van der Waals surface area contributed by atoms with Crippen LogP contribution in [-0.2, 0) is 42.9 Å². The first-order valence-corrected chi connectivity index (χ1v) is 41.0. The standard InChI is InChI=1S/C48H49N9O6.C44H50N8O7.CH4/c1-28(2)41(54-47(60)62-3)45(58)56-20-8-11-39(56)43-50-25-37(52-43)31-14-12-30(13-15-31)33-16-17-35-23-36(19-18-34(35)22-33)38-26-51-44(53-38)40-21-29(24-49)27-57(40)46(59)42(55-48(61)63-4)32-9-6-5-7-10-32;1-24(2)37(49-43(56)58-5)41(54)51-17-7-8-35(51)39-45-22-34(48-39)31-16-15-29-18-28(13-14-30(29)19-31)26-9-11-27(12-10-26)33-21-46-40(47-33)36-20-32(53)23-52(36)42(55)38(25(3)4)50-44(57)59-6;/h5-7,9-10,12-19,22-23,25-26,28-29,39-42H,8,11,20-21,27H2,1-4H3,(H,50,52)(H,51,53)(H,54,60)(H,55,61);9-16,18-19,21-22,24-25,35-38H,7-8,17,20,23H2,1-6H3,(H,45,48)(H,46,47)(H,49,56)(H,50,57);1H4/t29-,39+,40+,41+,42-;35-,36-,37-,38-;/m10./s1. The van der Waals surface area contributed by atoms with Gasteiger partial charge in [0.05, 0.1) is 119 Å². The number of methoxy groups -OCH3 is 4. The quantitative estimate of drug-likeness (QED) is 0.0292. The molecular formula is C93H103N17O13. The molecule has 0 aliphatic carbocycles. The largest absolute Gasteiger partial charge is 0.453 e. The molecule has 0 saturated carbocycles. The van der Waals surface area contributed by atoms with E-state index in [0.717, 1.165) is 115 Å². The Labute approximate surface area is 712 Å². The molecule has 11 aromatic rings. The van der Waals surface area contributed by atoms with Crippen molar-refractivity contribution in [3.8, 4) is 73.4 Å². The number of hydrogen-bond donors (Lipinski definition) is 8. The first kappa shape index (κ1) is 86.9. The van der Waals surface area contributed by atoms with Gasteiger partial charge in [0, 0.05) is 37.2 Å². The molecule has 123 heavy (non-hydrogen) atoms. The third-order valence-electron chi connectivity index (χ3n) is 23.3. The lowest BCUT2D eigenvalue weighted by Gasteiger charge is -2.30. The highest BCUT2D eigenvalue weighted by molar-refractivity contribution is 5.96. The van der Waals surface area contributed by atoms with Gasteiger partial charge in [-0.2, -0.15) is 5.26 Å². The SMILES string of the molecule is C.COC(=O)N[C@H](C(=O)N1CCC[C@H]1c1ncc(-c2ccc(-c3ccc4cc(-c5cnc([C@@H]6C[C@H](C#N)CN6C(=O)[C@H](NC(=O)OC)c6ccccc6)[nH]5)ccc4c3)cc2)[nH]1)C(C)C.COC(=O)N[C@H](C(=O)N1CCC[C@H]1c1ncc(-c2ccc3cc(-c4ccc(-c5cnc([C@@H]6CC(=O)CN6C(=O)[C@@H](NC(=O)OC)C(C)C)[nH]5)cc4)ccc3c2)[nH]1)C(C)C. The minimum Gasteiger partial charge on any atom is -0.453 e. The number of H-pyrrole nitrogens is 4. The lowest BCUT2D eigenvalue weighted by atomic mass is 9.98. The maximum atomic E-state index is 14.1. The molecule has 30 heteroatoms. The number of carbonyl (C=O) groups excluding carboxylic acids is 9. The number of alkyl carbamates (subject to hydrolysis) is 4. The smallest absolute Gasteiger partial charge is 0.407 e. The van der Waals surface area contributed by atoms with Gasteiger partial charge < -0.3 is 79.8 Å². The Bertz CT molecular complexity index is 5730. The van der Waals surface area contributed by atoms with Gasteiger partial charge in [-0.15, -0.1) is 0 Å². The number of ketones is 1. The summed E-state index contributed by atoms with van der Waals surface area (Å²) in [6.45, 7) is 12.5. The summed E-state index contributed by atoms with van der Waals surface area (Å²) in [6, 6.07) is 48.0. The zero-order valence-corrected chi connectivity index (χ0v) is 69.6. The average Bonchev–Trinajstić information content (AvgIpc) is 1.74. The minimum absolute atomic E-state index is 0. The Morgan fingerprint density at radius 2 is 0.756 bits per heavy atom. The van der Waals surface area contributed by atoms with Crippen LogP contribution < -0.4 is 21.3 Å². The van der Waals surface area contributed by atoms with Crippen LogP contribution in [-0.4, -0.2) is 186 Å². The number of likely N-dealkylation sites (tertiary alicyclic amines) is 4. The van der Waals surface area contributed by atoms with Crippen molar-refractivity contribution in [3.63, 3.8) is 0 Å². The lowest BCUT2D eigenvalue weighted by Crippen LogP contribution is -2.51. The number of Topliss-reactive ketones (excluding diaryl/α,β-unsaturated/α-hetero) is 1. The van der Waals surface area contributed by atoms with E-state index in [-0.39, 0.29) is 86.2 Å². The number of aromatic nitrogens is 8. The maximum Gasteiger partial charge on any atom is 0.407 e. The second kappa shape index (κ2) is 38.2. The summed E-state index contributed by atoms with van der Waals surface area (Å²) >= 11 is 0. The fraction of sp³-hybridized carbons (Fsp3) is 0.355. The van der Waals surface area contributed by atoms with E-state index in [2.05, 4.69) is 148 Å². The van der Waals surface area contributed by atoms with E-state index in [4.69, 9.17) is 28.9 Å². The summed E-state index contributed by atoms with van der Waals surface area (Å²) in [5.41, 5.74) is 11.8. The predicted octanol–water partition coefficient (Wildman–Crippen LogP) is 15.0. The molecule has 9 atom stereocenters. The van der Waals surface area contributed by atoms with Crippen molar-refractivity contribution < 1.29 is 62.1 Å². The Morgan fingerprint density at radius 3 is 1.15 bits per heavy atom. The Balaban J connectivity index is 0.000000210. The molecule has 4 aliphatic rings. The van der Waals surface area contributed by atoms with Gasteiger partial charge in [-0.1, -0.05) is 176 Å². The lowest BCUT2D eigenvalue weighted by molar-refractivity contribution is -0.136. The minimum atomic E-state index is -1.00. The van der Waals surface area contributed by atoms with Crippen LogP contribution in [0.3, 0.4) is 0 Å². The molecular weight excluding hydrogens is 1560 g/mol. The van der Waals surface area contributed by atoms with Crippen molar-refractivity contribution in [1.29, 1.82) is 5.26 Å². The zero-order valence-electron chi connectivity index (χ0n) is 69.6. The number of nitriles is 1. The van der Waals surface area contributed by atoms with Crippen LogP contribution in [0.2, 0.25) is 0 Å². The highest BCUT2D eigenvalue weighted by atomic mass is 16.5. The van der Waals surface area contributed by atoms with Gasteiger partial charge in [-0.25, -0.2) is 39.1 Å². The van der Waals surface area contributed by atoms with Crippen molar-refractivity contribution in [3.05, 3.63) is 205 Å². The summed E-state index contributed by atoms with van der Waals surface area (Å²) in [6.07, 6.45) is 8.10. The molecule has 0 bridgehead atoms. The number of nitrogens with zero attached hydrogens (tertiary/aromatic N) is 9. The summed E-state index contributed by atoms with van der Waals surface area (Å²) in [4.78, 5) is 155. The Kier molecular flexibility index (Phi) is 27.0. The maximum absolute atomic E-state index is 14.1. The van der Waals surface area contributed by atoms with Crippen LogP contribution >= 0.6 is 0 Å². The normalized spacial score (nSPS) is 17.8. The van der Waals surface area contributed by atoms with Gasteiger partial charge in [0.25, 0.3) is 5.91 Å². The van der Waals surface area contributed by atoms with E-state index in [1.54, 1.807) is 63.8 Å². The van der Waals surface area contributed by atoms with E-state index < -0.39 is 66.5 Å². The number of amides is 8. The third kappa shape index (κ3) is 19.1. The van der Waals surface area contributed by atoms with Crippen LogP contribution in [0.5, 0.6) is 0 Å². The molecule has 8 heterocycles. The number of carbonyl (C=O) groups is 9. The molecule has 0 radical (unpaired) electrons. The molecule has 30 nitrogen and oxygen atoms in total. The number of benzene rings is 7. The number of hydrogen-bond acceptors (Lipinski definition) is 18. The molecule has 0 spiro atoms. The van der Waals surface area contributed by atoms with Crippen molar-refractivity contribution in [1.82, 2.24) is 80.7 Å². The molecule has 4 fully saturated rings. The molecule has 7 aromatic carbocycles. The van der Waals surface area contributed by atoms with Crippen molar-refractivity contribution in [2.24, 2.45) is 23.7 Å². The van der Waals surface area contributed by atoms with Gasteiger partial charge in [-0.05, 0) is 135 Å². The fourth-order valence-corrected chi connectivity index (χ4v) is 16.6. The van der Waals surface area contributed by atoms with Crippen molar-refractivity contribution in [2.45, 2.75) is 136 Å². The van der Waals surface area contributed by atoms with E-state index in [9.17, 15) is 48.4 Å². The summed E-state index contributed by atoms with van der Waals surface area (Å²) in [5.74, 6) is 0.545. The average molecular weight is 1670 g/mol. The Morgan fingerprint density at radius 1 is 0.415 bits per heavy atom. The molecule has 8 amide bonds. The number of fused-ring (bicyclic) bond motifs is 2. The summed E-state index contributed by atoms with van der Waals surface area (Å²) < 4.78 is 19.1. The highest BCUT2D eigenvalue weighted by Gasteiger charge is 2.45. The van der Waals surface area contributed by atoms with Crippen LogP contribution in [0.25, 0.3) is 88.8 Å². The Hall–Kier alpha value is -14.0. The highest BCUT2D eigenvalue weighted by Crippen LogP contribution is 2.41. The fourth-order valence-electron chi connectivity index (χ4n) is 16.6. The zero-order chi connectivity index (χ0) is 86.2. The van der Waals surface area contributed by atoms with E-state index in [0.29, 0.717) is 48.4 Å². The molecule has 8 N–H and O–H groups in total. The molecule has 638 valence electrons. The van der Waals surface area contributed by atoms with Gasteiger partial charge in [0.1, 0.15) is 47.5 Å². The van der Waals surface area contributed by atoms with Crippen LogP contribution in [0.4, 0.5) is 19.2 Å². The molecule has 4 aromatic heterocycles. The van der Waals surface area contributed by atoms with Crippen LogP contribution in [0.1, 0.15) is 147 Å². The number of rotatable bonds is 22. The van der Waals surface area contributed by atoms with Gasteiger partial charge in [-0.3, -0.25) is 24.0 Å². The van der Waals surface area contributed by atoms with Gasteiger partial charge in [0.2, 0.25) is 17.7 Å². The van der Waals surface area contributed by atoms with Crippen LogP contribution in [0, 0.1) is 35.0 Å². The summed E-state index contributed by atoms with van der Waals surface area (Å²) in [5, 5.41) is 24.8. The number of aromatic amines is 4. The van der Waals surface area contributed by atoms with E-state index in [1.165, 1.54) is 33.3 Å². The van der Waals surface area contributed by atoms with Crippen LogP contribution in [0.15, 0.2) is 176 Å². The van der Waals surface area contributed by atoms with Gasteiger partial charge in [0.15, 0.2) is 5.78 Å². The van der Waals surface area contributed by atoms with E-state index in [1.807, 2.05) is 77.9 Å². The molecule has 4 saturated heterocycles. The second-order valence-electron chi connectivity index (χ2n) is 32.2. The number of nitrogens with one attached hydrogen (secondary N) is 8. The van der Waals surface area contributed by atoms with Gasteiger partial charge >= 0.3 is 24.4 Å². The second-order valence-corrected chi connectivity index (χ2v) is 32.2. The molecule has 15 rings (SSSR count). The molecule has 4 aliphatic heterocycles. The van der Waals surface area contributed by atoms with E-state index >= 15 is 0 Å². The van der Waals surface area contributed by atoms with Crippen molar-refractivity contribution >= 4 is 75.3 Å². The predicted molar refractivity (Wildman–Crippen MR) is 463 cm³/mol. The number of imidazole rings is 4. The third-order valence-corrected chi connectivity index (χ3v) is 23.3. The van der Waals surface area contributed by atoms with Crippen molar-refractivity contribution in [2.75, 3.05) is 54.6 Å². The summed E-state index contributed by atoms with van der Waals surface area (Å²) in [7, 11) is 5.06. The first-order chi connectivity index (χ1) is 58.9.